The first-order chi connectivity index (χ1) is 14.0. The molecule has 1 atom stereocenters. The van der Waals surface area contributed by atoms with E-state index in [0.717, 1.165) is 37.9 Å². The predicted octanol–water partition coefficient (Wildman–Crippen LogP) is 4.76. The molecule has 1 saturated heterocycles. The Morgan fingerprint density at radius 3 is 2.55 bits per heavy atom. The van der Waals surface area contributed by atoms with E-state index < -0.39 is 0 Å². The van der Waals surface area contributed by atoms with E-state index >= 15 is 0 Å². The van der Waals surface area contributed by atoms with E-state index in [4.69, 9.17) is 16.3 Å². The molecule has 29 heavy (non-hydrogen) atoms. The molecule has 1 fully saturated rings. The van der Waals surface area contributed by atoms with Gasteiger partial charge in [0.05, 0.1) is 0 Å². The maximum Gasteiger partial charge on any atom is 0.260 e. The third kappa shape index (κ3) is 6.44. The Bertz CT molecular complexity index is 782. The van der Waals surface area contributed by atoms with Crippen LogP contribution in [0.1, 0.15) is 31.7 Å². The third-order valence-electron chi connectivity index (χ3n) is 5.32. The first kappa shape index (κ1) is 21.6. The number of piperazine rings is 1. The highest BCUT2D eigenvalue weighted by molar-refractivity contribution is 6.30. The van der Waals surface area contributed by atoms with E-state index in [1.54, 1.807) is 24.3 Å². The smallest absolute Gasteiger partial charge is 0.260 e. The highest BCUT2D eigenvalue weighted by Gasteiger charge is 2.29. The van der Waals surface area contributed by atoms with Gasteiger partial charge in [-0.3, -0.25) is 9.69 Å². The minimum Gasteiger partial charge on any atom is -0.484 e. The van der Waals surface area contributed by atoms with Crippen LogP contribution in [0.3, 0.4) is 0 Å². The second-order valence-corrected chi connectivity index (χ2v) is 7.91. The molecule has 1 aliphatic rings. The molecule has 2 aromatic carbocycles. The number of ether oxygens (including phenoxy) is 1. The Morgan fingerprint density at radius 2 is 1.86 bits per heavy atom. The van der Waals surface area contributed by atoms with Crippen molar-refractivity contribution < 1.29 is 13.9 Å². The van der Waals surface area contributed by atoms with Crippen molar-refractivity contribution in [1.29, 1.82) is 0 Å². The molecular weight excluding hydrogens is 391 g/mol. The molecule has 0 N–H and O–H groups in total. The summed E-state index contributed by atoms with van der Waals surface area (Å²) in [7, 11) is 0. The van der Waals surface area contributed by atoms with Crippen LogP contribution < -0.4 is 4.74 Å². The van der Waals surface area contributed by atoms with Crippen molar-refractivity contribution in [3.05, 3.63) is 64.9 Å². The number of hydrogen-bond acceptors (Lipinski definition) is 3. The zero-order valence-corrected chi connectivity index (χ0v) is 17.6. The third-order valence-corrected chi connectivity index (χ3v) is 5.58. The van der Waals surface area contributed by atoms with Crippen molar-refractivity contribution in [2.45, 2.75) is 38.8 Å². The second-order valence-electron chi connectivity index (χ2n) is 7.48. The van der Waals surface area contributed by atoms with Crippen LogP contribution in [0.5, 0.6) is 5.75 Å². The average Bonchev–Trinajstić information content (AvgIpc) is 2.74. The lowest BCUT2D eigenvalue weighted by molar-refractivity contribution is -0.136. The van der Waals surface area contributed by atoms with Crippen molar-refractivity contribution in [2.24, 2.45) is 0 Å². The summed E-state index contributed by atoms with van der Waals surface area (Å²) in [5.41, 5.74) is 1.10. The van der Waals surface area contributed by atoms with Gasteiger partial charge in [-0.1, -0.05) is 43.5 Å². The molecule has 3 rings (SSSR count). The van der Waals surface area contributed by atoms with Crippen LogP contribution in [0.2, 0.25) is 5.02 Å². The molecule has 0 radical (unpaired) electrons. The van der Waals surface area contributed by atoms with Gasteiger partial charge in [-0.15, -0.1) is 0 Å². The maximum absolute atomic E-state index is 13.2. The number of hydrogen-bond donors (Lipinski definition) is 0. The van der Waals surface area contributed by atoms with Gasteiger partial charge in [0.1, 0.15) is 11.6 Å². The Kier molecular flexibility index (Phi) is 7.90. The van der Waals surface area contributed by atoms with Crippen LogP contribution in [0.4, 0.5) is 4.39 Å². The van der Waals surface area contributed by atoms with E-state index in [-0.39, 0.29) is 18.3 Å². The lowest BCUT2D eigenvalue weighted by Crippen LogP contribution is -2.55. The Balaban J connectivity index is 1.57. The molecule has 1 aliphatic heterocycles. The molecule has 0 bridgehead atoms. The van der Waals surface area contributed by atoms with Crippen molar-refractivity contribution in [3.8, 4) is 5.75 Å². The van der Waals surface area contributed by atoms with Crippen LogP contribution in [-0.4, -0.2) is 48.0 Å². The summed E-state index contributed by atoms with van der Waals surface area (Å²) in [6, 6.07) is 14.0. The first-order valence-electron chi connectivity index (χ1n) is 10.2. The van der Waals surface area contributed by atoms with Crippen LogP contribution in [0.15, 0.2) is 48.5 Å². The van der Waals surface area contributed by atoms with Gasteiger partial charge in [-0.05, 0) is 48.4 Å². The lowest BCUT2D eigenvalue weighted by Gasteiger charge is -2.41. The molecule has 6 heteroatoms. The molecule has 2 aromatic rings. The van der Waals surface area contributed by atoms with Crippen LogP contribution in [-0.2, 0) is 11.3 Å². The van der Waals surface area contributed by atoms with E-state index in [0.29, 0.717) is 29.9 Å². The molecule has 156 valence electrons. The van der Waals surface area contributed by atoms with Gasteiger partial charge < -0.3 is 9.64 Å². The minimum atomic E-state index is -0.215. The molecule has 0 aromatic heterocycles. The van der Waals surface area contributed by atoms with E-state index in [9.17, 15) is 9.18 Å². The number of carbonyl (C=O) groups is 1. The zero-order valence-electron chi connectivity index (χ0n) is 16.8. The number of rotatable bonds is 8. The van der Waals surface area contributed by atoms with E-state index in [1.165, 1.54) is 12.1 Å². The van der Waals surface area contributed by atoms with Gasteiger partial charge >= 0.3 is 0 Å². The Morgan fingerprint density at radius 1 is 1.14 bits per heavy atom. The summed E-state index contributed by atoms with van der Waals surface area (Å²) in [5.74, 6) is 0.426. The van der Waals surface area contributed by atoms with Crippen molar-refractivity contribution in [2.75, 3.05) is 26.2 Å². The van der Waals surface area contributed by atoms with Gasteiger partial charge in [0.2, 0.25) is 0 Å². The standard InChI is InChI=1S/C23H28ClFN2O2/c1-2-3-4-21-16-27(23(28)17-29-22-11-7-19(24)8-12-22)14-13-26(21)15-18-5-9-20(25)10-6-18/h5-12,21H,2-4,13-17H2,1H3/t21-/m0/s1. The average molecular weight is 419 g/mol. The molecule has 1 amide bonds. The minimum absolute atomic E-state index is 0.00267. The molecule has 0 spiro atoms. The SMILES string of the molecule is CCCC[C@H]1CN(C(=O)COc2ccc(Cl)cc2)CCN1Cc1ccc(F)cc1. The van der Waals surface area contributed by atoms with Crippen molar-refractivity contribution in [1.82, 2.24) is 9.80 Å². The molecular formula is C23H28ClFN2O2. The molecule has 0 unspecified atom stereocenters. The van der Waals surface area contributed by atoms with E-state index in [1.807, 2.05) is 17.0 Å². The number of unbranched alkanes of at least 4 members (excludes halogenated alkanes) is 1. The van der Waals surface area contributed by atoms with Crippen molar-refractivity contribution >= 4 is 17.5 Å². The highest BCUT2D eigenvalue weighted by atomic mass is 35.5. The fourth-order valence-electron chi connectivity index (χ4n) is 3.63. The number of carbonyl (C=O) groups excluding carboxylic acids is 1. The maximum atomic E-state index is 13.2. The van der Waals surface area contributed by atoms with Gasteiger partial charge in [0, 0.05) is 37.2 Å². The Hall–Kier alpha value is -2.11. The summed E-state index contributed by atoms with van der Waals surface area (Å²) in [6.45, 7) is 5.16. The van der Waals surface area contributed by atoms with Crippen LogP contribution in [0.25, 0.3) is 0 Å². The number of halogens is 2. The summed E-state index contributed by atoms with van der Waals surface area (Å²) in [5, 5.41) is 0.639. The Labute approximate surface area is 177 Å². The van der Waals surface area contributed by atoms with Gasteiger partial charge in [0.25, 0.3) is 5.91 Å². The van der Waals surface area contributed by atoms with Crippen LogP contribution in [0, 0.1) is 5.82 Å². The topological polar surface area (TPSA) is 32.8 Å². The van der Waals surface area contributed by atoms with Gasteiger partial charge in [0.15, 0.2) is 6.61 Å². The number of nitrogens with zero attached hydrogens (tertiary/aromatic N) is 2. The van der Waals surface area contributed by atoms with E-state index in [2.05, 4.69) is 11.8 Å². The second kappa shape index (κ2) is 10.6. The molecule has 0 aliphatic carbocycles. The van der Waals surface area contributed by atoms with Crippen molar-refractivity contribution in [3.63, 3.8) is 0 Å². The molecule has 1 heterocycles. The molecule has 4 nitrogen and oxygen atoms in total. The van der Waals surface area contributed by atoms with Gasteiger partial charge in [-0.25, -0.2) is 4.39 Å². The quantitative estimate of drug-likeness (QED) is 0.619. The summed E-state index contributed by atoms with van der Waals surface area (Å²) in [4.78, 5) is 17.0. The van der Waals surface area contributed by atoms with Crippen LogP contribution >= 0.6 is 11.6 Å². The molecule has 0 saturated carbocycles. The zero-order chi connectivity index (χ0) is 20.6. The largest absolute Gasteiger partial charge is 0.484 e. The number of amides is 1. The summed E-state index contributed by atoms with van der Waals surface area (Å²) < 4.78 is 18.8. The van der Waals surface area contributed by atoms with Gasteiger partial charge in [-0.2, -0.15) is 0 Å². The normalized spacial score (nSPS) is 17.3. The number of benzene rings is 2. The summed E-state index contributed by atoms with van der Waals surface area (Å²) in [6.07, 6.45) is 3.28. The highest BCUT2D eigenvalue weighted by Crippen LogP contribution is 2.20. The fraction of sp³-hybridized carbons (Fsp3) is 0.435. The fourth-order valence-corrected chi connectivity index (χ4v) is 3.76. The summed E-state index contributed by atoms with van der Waals surface area (Å²) >= 11 is 5.88. The predicted molar refractivity (Wildman–Crippen MR) is 114 cm³/mol. The first-order valence-corrected chi connectivity index (χ1v) is 10.6. The lowest BCUT2D eigenvalue weighted by atomic mass is 10.0. The monoisotopic (exact) mass is 418 g/mol.